The minimum absolute atomic E-state index is 0.0714. The maximum absolute atomic E-state index is 11.9. The van der Waals surface area contributed by atoms with Gasteiger partial charge in [0.15, 0.2) is 0 Å². The first-order valence-corrected chi connectivity index (χ1v) is 4.81. The Labute approximate surface area is 89.9 Å². The molecule has 1 heterocycles. The lowest BCUT2D eigenvalue weighted by atomic mass is 10.2. The molecule has 0 atom stereocenters. The fraction of sp³-hybridized carbons (Fsp3) is 0.455. The fourth-order valence-corrected chi connectivity index (χ4v) is 1.39. The van der Waals surface area contributed by atoms with E-state index in [1.54, 1.807) is 25.0 Å². The van der Waals surface area contributed by atoms with Crippen LogP contribution in [0.4, 0.5) is 0 Å². The third kappa shape index (κ3) is 2.38. The van der Waals surface area contributed by atoms with Crippen LogP contribution in [0.25, 0.3) is 0 Å². The molecule has 0 saturated heterocycles. The molecule has 0 aliphatic rings. The van der Waals surface area contributed by atoms with E-state index in [1.807, 2.05) is 6.92 Å². The zero-order valence-corrected chi connectivity index (χ0v) is 9.32. The van der Waals surface area contributed by atoms with Gasteiger partial charge in [-0.25, -0.2) is 0 Å². The molecule has 4 nitrogen and oxygen atoms in total. The smallest absolute Gasteiger partial charge is 0.257 e. The highest BCUT2D eigenvalue weighted by Gasteiger charge is 2.17. The molecule has 0 aliphatic heterocycles. The van der Waals surface area contributed by atoms with Gasteiger partial charge in [-0.15, -0.1) is 6.42 Å². The van der Waals surface area contributed by atoms with Crippen LogP contribution in [-0.2, 0) is 13.5 Å². The molecule has 0 bridgehead atoms. The largest absolute Gasteiger partial charge is 0.330 e. The van der Waals surface area contributed by atoms with Crippen LogP contribution in [0.3, 0.4) is 0 Å². The van der Waals surface area contributed by atoms with E-state index in [-0.39, 0.29) is 5.91 Å². The van der Waals surface area contributed by atoms with Gasteiger partial charge < -0.3 is 4.90 Å². The Kier molecular flexibility index (Phi) is 3.51. The average molecular weight is 205 g/mol. The first kappa shape index (κ1) is 11.3. The van der Waals surface area contributed by atoms with Crippen molar-refractivity contribution in [1.29, 1.82) is 0 Å². The lowest BCUT2D eigenvalue weighted by molar-refractivity contribution is 0.0811. The van der Waals surface area contributed by atoms with Gasteiger partial charge in [0.2, 0.25) is 0 Å². The Morgan fingerprint density at radius 1 is 1.73 bits per heavy atom. The normalized spacial score (nSPS) is 9.73. The molecule has 15 heavy (non-hydrogen) atoms. The van der Waals surface area contributed by atoms with E-state index in [2.05, 4.69) is 11.0 Å². The minimum Gasteiger partial charge on any atom is -0.330 e. The van der Waals surface area contributed by atoms with Crippen LogP contribution >= 0.6 is 0 Å². The molecule has 0 unspecified atom stereocenters. The third-order valence-corrected chi connectivity index (χ3v) is 2.15. The molecule has 0 spiro atoms. The Bertz CT molecular complexity index is 400. The average Bonchev–Trinajstić information content (AvgIpc) is 2.58. The molecular formula is C11H15N3O. The number of aromatic nitrogens is 2. The maximum Gasteiger partial charge on any atom is 0.257 e. The lowest BCUT2D eigenvalue weighted by Crippen LogP contribution is -2.27. The van der Waals surface area contributed by atoms with Gasteiger partial charge in [-0.05, 0) is 6.42 Å². The monoisotopic (exact) mass is 205 g/mol. The Morgan fingerprint density at radius 2 is 2.40 bits per heavy atom. The predicted molar refractivity (Wildman–Crippen MR) is 58.4 cm³/mol. The quantitative estimate of drug-likeness (QED) is 0.681. The summed E-state index contributed by atoms with van der Waals surface area (Å²) in [6, 6.07) is 0. The topological polar surface area (TPSA) is 38.1 Å². The van der Waals surface area contributed by atoms with Gasteiger partial charge in [0.25, 0.3) is 5.91 Å². The van der Waals surface area contributed by atoms with Crippen molar-refractivity contribution in [3.8, 4) is 12.3 Å². The fourth-order valence-electron chi connectivity index (χ4n) is 1.39. The van der Waals surface area contributed by atoms with E-state index in [1.165, 1.54) is 4.90 Å². The van der Waals surface area contributed by atoms with Crippen molar-refractivity contribution < 1.29 is 4.79 Å². The van der Waals surface area contributed by atoms with Crippen molar-refractivity contribution in [3.05, 3.63) is 17.5 Å². The molecule has 0 N–H and O–H groups in total. The van der Waals surface area contributed by atoms with Crippen LogP contribution in [0, 0.1) is 12.3 Å². The van der Waals surface area contributed by atoms with Gasteiger partial charge >= 0.3 is 0 Å². The molecule has 0 saturated carbocycles. The van der Waals surface area contributed by atoms with E-state index in [0.29, 0.717) is 12.1 Å². The maximum atomic E-state index is 11.9. The summed E-state index contributed by atoms with van der Waals surface area (Å²) in [6.07, 6.45) is 7.63. The highest BCUT2D eigenvalue weighted by Crippen LogP contribution is 2.09. The lowest BCUT2D eigenvalue weighted by Gasteiger charge is -2.12. The van der Waals surface area contributed by atoms with Crippen LogP contribution in [0.15, 0.2) is 6.20 Å². The SMILES string of the molecule is C#CCN(C)C(=O)c1cn(C)nc1CC. The number of nitrogens with zero attached hydrogens (tertiary/aromatic N) is 3. The molecule has 0 aliphatic carbocycles. The third-order valence-electron chi connectivity index (χ3n) is 2.15. The molecule has 1 rings (SSSR count). The second-order valence-corrected chi connectivity index (χ2v) is 3.38. The van der Waals surface area contributed by atoms with Crippen molar-refractivity contribution in [1.82, 2.24) is 14.7 Å². The zero-order chi connectivity index (χ0) is 11.4. The number of hydrogen-bond donors (Lipinski definition) is 0. The van der Waals surface area contributed by atoms with Gasteiger partial charge in [0, 0.05) is 20.3 Å². The van der Waals surface area contributed by atoms with Gasteiger partial charge in [-0.1, -0.05) is 12.8 Å². The molecule has 4 heteroatoms. The number of aryl methyl sites for hydroxylation is 2. The molecule has 1 aromatic heterocycles. The molecule has 0 radical (unpaired) electrons. The predicted octanol–water partition coefficient (Wildman–Crippen LogP) is 0.688. The highest BCUT2D eigenvalue weighted by atomic mass is 16.2. The van der Waals surface area contributed by atoms with Crippen molar-refractivity contribution in [2.75, 3.05) is 13.6 Å². The van der Waals surface area contributed by atoms with Crippen molar-refractivity contribution in [2.45, 2.75) is 13.3 Å². The number of carbonyl (C=O) groups excluding carboxylic acids is 1. The summed E-state index contributed by atoms with van der Waals surface area (Å²) in [4.78, 5) is 13.4. The number of hydrogen-bond acceptors (Lipinski definition) is 2. The minimum atomic E-state index is -0.0714. The van der Waals surface area contributed by atoms with Gasteiger partial charge in [-0.3, -0.25) is 9.48 Å². The summed E-state index contributed by atoms with van der Waals surface area (Å²) in [5.74, 6) is 2.37. The van der Waals surface area contributed by atoms with E-state index in [4.69, 9.17) is 6.42 Å². The number of amides is 1. The zero-order valence-electron chi connectivity index (χ0n) is 9.32. The second kappa shape index (κ2) is 4.65. The van der Waals surface area contributed by atoms with Gasteiger partial charge in [-0.2, -0.15) is 5.10 Å². The van der Waals surface area contributed by atoms with Crippen LogP contribution < -0.4 is 0 Å². The molecule has 80 valence electrons. The Balaban J connectivity index is 2.95. The highest BCUT2D eigenvalue weighted by molar-refractivity contribution is 5.95. The van der Waals surface area contributed by atoms with E-state index < -0.39 is 0 Å². The first-order valence-electron chi connectivity index (χ1n) is 4.81. The van der Waals surface area contributed by atoms with E-state index in [0.717, 1.165) is 12.1 Å². The number of terminal acetylenes is 1. The molecule has 0 aromatic carbocycles. The van der Waals surface area contributed by atoms with Crippen LogP contribution in [0.5, 0.6) is 0 Å². The van der Waals surface area contributed by atoms with Crippen molar-refractivity contribution in [2.24, 2.45) is 7.05 Å². The van der Waals surface area contributed by atoms with Gasteiger partial charge in [0.1, 0.15) is 0 Å². The van der Waals surface area contributed by atoms with Crippen LogP contribution in [0.1, 0.15) is 23.0 Å². The molecule has 1 aromatic rings. The molecule has 1 amide bonds. The Hall–Kier alpha value is -1.76. The summed E-state index contributed by atoms with van der Waals surface area (Å²) in [7, 11) is 3.49. The van der Waals surface area contributed by atoms with Crippen molar-refractivity contribution >= 4 is 5.91 Å². The number of carbonyl (C=O) groups is 1. The van der Waals surface area contributed by atoms with Crippen LogP contribution in [0.2, 0.25) is 0 Å². The standard InChI is InChI=1S/C11H15N3O/c1-5-7-13(3)11(15)9-8-14(4)12-10(9)6-2/h1,8H,6-7H2,2-4H3. The summed E-state index contributed by atoms with van der Waals surface area (Å²) < 4.78 is 1.65. The summed E-state index contributed by atoms with van der Waals surface area (Å²) >= 11 is 0. The number of rotatable bonds is 3. The van der Waals surface area contributed by atoms with E-state index in [9.17, 15) is 4.79 Å². The van der Waals surface area contributed by atoms with Crippen LogP contribution in [-0.4, -0.2) is 34.2 Å². The summed E-state index contributed by atoms with van der Waals surface area (Å²) in [6.45, 7) is 2.29. The molecule has 0 fully saturated rings. The van der Waals surface area contributed by atoms with E-state index >= 15 is 0 Å². The second-order valence-electron chi connectivity index (χ2n) is 3.38. The first-order chi connectivity index (χ1) is 7.10. The van der Waals surface area contributed by atoms with Gasteiger partial charge in [0.05, 0.1) is 17.8 Å². The molecular weight excluding hydrogens is 190 g/mol. The Morgan fingerprint density at radius 3 is 2.93 bits per heavy atom. The summed E-state index contributed by atoms with van der Waals surface area (Å²) in [5, 5.41) is 4.21. The van der Waals surface area contributed by atoms with Crippen molar-refractivity contribution in [3.63, 3.8) is 0 Å². The summed E-state index contributed by atoms with van der Waals surface area (Å²) in [5.41, 5.74) is 1.45.